The highest BCUT2D eigenvalue weighted by Crippen LogP contribution is 2.15. The third-order valence-corrected chi connectivity index (χ3v) is 5.57. The second-order valence-corrected chi connectivity index (χ2v) is 8.02. The van der Waals surface area contributed by atoms with Gasteiger partial charge in [0.2, 0.25) is 17.8 Å². The number of amides is 3. The van der Waals surface area contributed by atoms with E-state index in [0.717, 1.165) is 5.56 Å². The van der Waals surface area contributed by atoms with Crippen molar-refractivity contribution in [3.05, 3.63) is 78.1 Å². The van der Waals surface area contributed by atoms with E-state index in [1.807, 2.05) is 17.0 Å². The number of benzene rings is 2. The van der Waals surface area contributed by atoms with Crippen LogP contribution in [0.1, 0.15) is 15.9 Å². The number of primary amides is 1. The van der Waals surface area contributed by atoms with Crippen LogP contribution in [0.15, 0.2) is 67.0 Å². The van der Waals surface area contributed by atoms with E-state index in [-0.39, 0.29) is 18.4 Å². The van der Waals surface area contributed by atoms with Gasteiger partial charge in [0.1, 0.15) is 5.75 Å². The monoisotopic (exact) mass is 474 g/mol. The Bertz CT molecular complexity index is 1160. The Morgan fingerprint density at radius 3 is 2.20 bits per heavy atom. The Kier molecular flexibility index (Phi) is 7.51. The number of carbonyl (C=O) groups excluding carboxylic acids is 3. The van der Waals surface area contributed by atoms with Gasteiger partial charge in [-0.2, -0.15) is 0 Å². The zero-order valence-corrected chi connectivity index (χ0v) is 19.1. The van der Waals surface area contributed by atoms with Crippen molar-refractivity contribution in [2.75, 3.05) is 43.0 Å². The molecular formula is C25H26N6O4. The molecule has 35 heavy (non-hydrogen) atoms. The van der Waals surface area contributed by atoms with Crippen LogP contribution in [0, 0.1) is 0 Å². The maximum atomic E-state index is 12.7. The molecule has 1 aliphatic rings. The predicted octanol–water partition coefficient (Wildman–Crippen LogP) is 1.48. The lowest BCUT2D eigenvalue weighted by molar-refractivity contribution is -0.130. The molecule has 1 aromatic heterocycles. The lowest BCUT2D eigenvalue weighted by Crippen LogP contribution is -2.49. The van der Waals surface area contributed by atoms with Crippen LogP contribution in [0.2, 0.25) is 0 Å². The molecule has 0 radical (unpaired) electrons. The van der Waals surface area contributed by atoms with Gasteiger partial charge in [0.25, 0.3) is 5.91 Å². The van der Waals surface area contributed by atoms with E-state index >= 15 is 0 Å². The van der Waals surface area contributed by atoms with Crippen molar-refractivity contribution < 1.29 is 19.1 Å². The average Bonchev–Trinajstić information content (AvgIpc) is 2.89. The number of nitrogens with two attached hydrogens (primary N) is 1. The Morgan fingerprint density at radius 1 is 0.914 bits per heavy atom. The minimum Gasteiger partial charge on any atom is -0.484 e. The zero-order valence-electron chi connectivity index (χ0n) is 19.1. The normalized spacial score (nSPS) is 13.3. The zero-order chi connectivity index (χ0) is 24.6. The van der Waals surface area contributed by atoms with E-state index in [4.69, 9.17) is 10.5 Å². The predicted molar refractivity (Wildman–Crippen MR) is 130 cm³/mol. The maximum absolute atomic E-state index is 12.7. The van der Waals surface area contributed by atoms with Crippen molar-refractivity contribution in [3.8, 4) is 5.75 Å². The third-order valence-electron chi connectivity index (χ3n) is 5.57. The fourth-order valence-electron chi connectivity index (χ4n) is 3.66. The van der Waals surface area contributed by atoms with Gasteiger partial charge in [0, 0.05) is 49.8 Å². The highest BCUT2D eigenvalue weighted by atomic mass is 16.5. The van der Waals surface area contributed by atoms with Crippen molar-refractivity contribution >= 4 is 29.4 Å². The van der Waals surface area contributed by atoms with Gasteiger partial charge in [-0.25, -0.2) is 9.97 Å². The van der Waals surface area contributed by atoms with Crippen molar-refractivity contribution in [1.82, 2.24) is 14.9 Å². The summed E-state index contributed by atoms with van der Waals surface area (Å²) in [5, 5.41) is 2.76. The topological polar surface area (TPSA) is 131 Å². The Hall–Kier alpha value is -4.47. The summed E-state index contributed by atoms with van der Waals surface area (Å²) in [5.41, 5.74) is 7.04. The number of piperazine rings is 1. The third kappa shape index (κ3) is 6.53. The summed E-state index contributed by atoms with van der Waals surface area (Å²) >= 11 is 0. The van der Waals surface area contributed by atoms with Crippen LogP contribution in [0.5, 0.6) is 5.75 Å². The molecule has 4 rings (SSSR count). The fraction of sp³-hybridized carbons (Fsp3) is 0.240. The summed E-state index contributed by atoms with van der Waals surface area (Å²) in [6, 6.07) is 15.2. The number of ether oxygens (including phenoxy) is 1. The van der Waals surface area contributed by atoms with Crippen LogP contribution >= 0.6 is 0 Å². The van der Waals surface area contributed by atoms with Gasteiger partial charge in [-0.05, 0) is 48.0 Å². The molecule has 0 saturated carbocycles. The molecule has 0 aliphatic carbocycles. The minimum atomic E-state index is -0.528. The molecule has 10 nitrogen and oxygen atoms in total. The number of carbonyl (C=O) groups is 3. The molecular weight excluding hydrogens is 448 g/mol. The quantitative estimate of drug-likeness (QED) is 0.506. The number of nitrogens with zero attached hydrogens (tertiary/aromatic N) is 4. The summed E-state index contributed by atoms with van der Waals surface area (Å²) in [6.45, 7) is 2.44. The number of aromatic nitrogens is 2. The van der Waals surface area contributed by atoms with Crippen molar-refractivity contribution in [1.29, 1.82) is 0 Å². The largest absolute Gasteiger partial charge is 0.484 e. The van der Waals surface area contributed by atoms with Crippen molar-refractivity contribution in [2.24, 2.45) is 5.73 Å². The van der Waals surface area contributed by atoms with Gasteiger partial charge in [0.05, 0.1) is 6.42 Å². The number of hydrogen-bond acceptors (Lipinski definition) is 7. The minimum absolute atomic E-state index is 0.0613. The molecule has 3 aromatic rings. The number of rotatable bonds is 8. The van der Waals surface area contributed by atoms with Gasteiger partial charge in [0.15, 0.2) is 6.61 Å². The van der Waals surface area contributed by atoms with Crippen LogP contribution in [-0.2, 0) is 16.0 Å². The van der Waals surface area contributed by atoms with E-state index in [1.54, 1.807) is 42.7 Å². The SMILES string of the molecule is NC(=O)c1ccc(OCC(=O)Nc2ccc(CC(=O)N3CCN(c4ncccn4)CC3)cc2)cc1. The molecule has 0 unspecified atom stereocenters. The van der Waals surface area contributed by atoms with Gasteiger partial charge >= 0.3 is 0 Å². The molecule has 3 amide bonds. The van der Waals surface area contributed by atoms with E-state index in [2.05, 4.69) is 20.2 Å². The van der Waals surface area contributed by atoms with Crippen molar-refractivity contribution in [3.63, 3.8) is 0 Å². The van der Waals surface area contributed by atoms with Gasteiger partial charge < -0.3 is 25.6 Å². The second-order valence-electron chi connectivity index (χ2n) is 8.02. The molecule has 0 atom stereocenters. The van der Waals surface area contributed by atoms with E-state index in [0.29, 0.717) is 55.5 Å². The van der Waals surface area contributed by atoms with Gasteiger partial charge in [-0.1, -0.05) is 12.1 Å². The molecule has 1 aliphatic heterocycles. The first-order valence-electron chi connectivity index (χ1n) is 11.2. The molecule has 3 N–H and O–H groups in total. The highest BCUT2D eigenvalue weighted by Gasteiger charge is 2.22. The summed E-state index contributed by atoms with van der Waals surface area (Å²) in [7, 11) is 0. The fourth-order valence-corrected chi connectivity index (χ4v) is 3.66. The first-order valence-corrected chi connectivity index (χ1v) is 11.2. The van der Waals surface area contributed by atoms with Crippen LogP contribution in [0.3, 0.4) is 0 Å². The second kappa shape index (κ2) is 11.1. The molecule has 2 heterocycles. The van der Waals surface area contributed by atoms with E-state index in [1.165, 1.54) is 12.1 Å². The molecule has 1 fully saturated rings. The standard InChI is InChI=1S/C25H26N6O4/c26-24(34)19-4-8-21(9-5-19)35-17-22(32)29-20-6-2-18(3-7-20)16-23(33)30-12-14-31(15-13-30)25-27-10-1-11-28-25/h1-11H,12-17H2,(H2,26,34)(H,29,32). The van der Waals surface area contributed by atoms with E-state index < -0.39 is 5.91 Å². The lowest BCUT2D eigenvalue weighted by Gasteiger charge is -2.34. The molecule has 0 bridgehead atoms. The summed E-state index contributed by atoms with van der Waals surface area (Å²) in [4.78, 5) is 48.4. The number of nitrogens with one attached hydrogen (secondary N) is 1. The Morgan fingerprint density at radius 2 is 1.57 bits per heavy atom. The first kappa shape index (κ1) is 23.7. The summed E-state index contributed by atoms with van der Waals surface area (Å²) < 4.78 is 5.43. The first-order chi connectivity index (χ1) is 17.0. The number of anilines is 2. The maximum Gasteiger partial charge on any atom is 0.262 e. The van der Waals surface area contributed by atoms with Crippen LogP contribution in [0.25, 0.3) is 0 Å². The van der Waals surface area contributed by atoms with Gasteiger partial charge in [-0.15, -0.1) is 0 Å². The Labute approximate surface area is 202 Å². The number of hydrogen-bond donors (Lipinski definition) is 2. The molecule has 0 spiro atoms. The van der Waals surface area contributed by atoms with Crippen LogP contribution < -0.4 is 20.7 Å². The molecule has 1 saturated heterocycles. The average molecular weight is 475 g/mol. The van der Waals surface area contributed by atoms with Crippen LogP contribution in [0.4, 0.5) is 11.6 Å². The Balaban J connectivity index is 1.21. The lowest BCUT2D eigenvalue weighted by atomic mass is 10.1. The van der Waals surface area contributed by atoms with Crippen molar-refractivity contribution in [2.45, 2.75) is 6.42 Å². The smallest absolute Gasteiger partial charge is 0.262 e. The van der Waals surface area contributed by atoms with Crippen LogP contribution in [-0.4, -0.2) is 65.4 Å². The molecule has 180 valence electrons. The van der Waals surface area contributed by atoms with E-state index in [9.17, 15) is 14.4 Å². The summed E-state index contributed by atoms with van der Waals surface area (Å²) in [5.74, 6) is 0.346. The summed E-state index contributed by atoms with van der Waals surface area (Å²) in [6.07, 6.45) is 3.72. The molecule has 10 heteroatoms. The highest BCUT2D eigenvalue weighted by molar-refractivity contribution is 5.93. The van der Waals surface area contributed by atoms with Gasteiger partial charge in [-0.3, -0.25) is 14.4 Å². The molecule has 2 aromatic carbocycles.